The van der Waals surface area contributed by atoms with E-state index in [2.05, 4.69) is 21.3 Å². The molecule has 0 unspecified atom stereocenters. The van der Waals surface area contributed by atoms with E-state index in [1.165, 1.54) is 30.2 Å². The summed E-state index contributed by atoms with van der Waals surface area (Å²) in [4.78, 5) is 21.2. The molecule has 6 rings (SSSR count). The number of amides is 1. The molecular weight excluding hydrogens is 492 g/mol. The lowest BCUT2D eigenvalue weighted by Crippen LogP contribution is -2.55. The third-order valence-corrected chi connectivity index (χ3v) is 10.0. The second kappa shape index (κ2) is 10.3. The number of hydrogen-bond acceptors (Lipinski definition) is 3. The number of rotatable bonds is 3. The molecule has 198 valence electrons. The molecule has 2 aliphatic heterocycles. The number of fused-ring (bicyclic) bond motifs is 2. The Morgan fingerprint density at radius 1 is 1.05 bits per heavy atom. The van der Waals surface area contributed by atoms with Crippen molar-refractivity contribution in [3.8, 4) is 0 Å². The largest absolute Gasteiger partial charge is 0.339 e. The summed E-state index contributed by atoms with van der Waals surface area (Å²) in [5, 5.41) is 4.05. The highest BCUT2D eigenvalue weighted by Crippen LogP contribution is 2.47. The van der Waals surface area contributed by atoms with Crippen LogP contribution in [-0.4, -0.2) is 41.5 Å². The zero-order valence-corrected chi connectivity index (χ0v) is 22.1. The molecule has 1 spiro atoms. The van der Waals surface area contributed by atoms with Gasteiger partial charge in [-0.05, 0) is 80.5 Å². The van der Waals surface area contributed by atoms with Gasteiger partial charge >= 0.3 is 0 Å². The van der Waals surface area contributed by atoms with Crippen LogP contribution in [0.4, 0.5) is 8.78 Å². The quantitative estimate of drug-likeness (QED) is 0.486. The van der Waals surface area contributed by atoms with Crippen molar-refractivity contribution in [3.05, 3.63) is 63.9 Å². The summed E-state index contributed by atoms with van der Waals surface area (Å²) in [5.74, 6) is -0.695. The topological polar surface area (TPSA) is 45.2 Å². The van der Waals surface area contributed by atoms with Gasteiger partial charge in [-0.25, -0.2) is 13.8 Å². The lowest BCUT2D eigenvalue weighted by atomic mass is 9.64. The standard InChI is InChI=1S/C30H36ClF2N3O/c31-27-12-11-21-25(35-27)10-5-14-30(21)18-34-17-22(30)29(37)36-15-13-20(28-23(32)8-4-9-24(28)33)16-26(36)19-6-2-1-3-7-19/h4,8-9,11-12,19-20,22,26,34H,1-3,5-7,10,13-18H2/t20-,22+,26+,30+/m1/s1. The Balaban J connectivity index is 1.32. The molecule has 0 bridgehead atoms. The second-order valence-corrected chi connectivity index (χ2v) is 12.1. The Hall–Kier alpha value is -2.05. The lowest BCUT2D eigenvalue weighted by molar-refractivity contribution is -0.143. The van der Waals surface area contributed by atoms with E-state index in [0.717, 1.165) is 57.2 Å². The molecule has 3 fully saturated rings. The van der Waals surface area contributed by atoms with Crippen molar-refractivity contribution in [1.82, 2.24) is 15.2 Å². The first kappa shape index (κ1) is 25.2. The SMILES string of the molecule is O=C([C@@H]1CNC[C@]12CCCc1nc(Cl)ccc12)N1CC[C@@H](c2c(F)cccc2F)C[C@H]1C1CCCCC1. The van der Waals surface area contributed by atoms with Crippen molar-refractivity contribution in [3.63, 3.8) is 0 Å². The van der Waals surface area contributed by atoms with Gasteiger partial charge in [0.1, 0.15) is 16.8 Å². The van der Waals surface area contributed by atoms with Gasteiger partial charge in [0, 0.05) is 42.3 Å². The van der Waals surface area contributed by atoms with E-state index in [-0.39, 0.29) is 34.8 Å². The van der Waals surface area contributed by atoms with Crippen LogP contribution in [0.3, 0.4) is 0 Å². The number of piperidine rings is 1. The number of halogens is 3. The molecule has 4 atom stereocenters. The van der Waals surface area contributed by atoms with Crippen LogP contribution < -0.4 is 5.32 Å². The molecule has 1 N–H and O–H groups in total. The maximum atomic E-state index is 14.8. The predicted octanol–water partition coefficient (Wildman–Crippen LogP) is 6.16. The van der Waals surface area contributed by atoms with Crippen molar-refractivity contribution in [1.29, 1.82) is 0 Å². The molecule has 1 aromatic heterocycles. The van der Waals surface area contributed by atoms with Gasteiger partial charge in [0.15, 0.2) is 0 Å². The van der Waals surface area contributed by atoms with E-state index in [4.69, 9.17) is 11.6 Å². The molecule has 2 aromatic rings. The molecule has 1 saturated carbocycles. The number of nitrogens with one attached hydrogen (secondary N) is 1. The van der Waals surface area contributed by atoms with Gasteiger partial charge in [-0.15, -0.1) is 0 Å². The van der Waals surface area contributed by atoms with Crippen molar-refractivity contribution in [2.45, 2.75) is 81.6 Å². The van der Waals surface area contributed by atoms with Crippen molar-refractivity contribution in [2.24, 2.45) is 11.8 Å². The maximum absolute atomic E-state index is 14.8. The lowest BCUT2D eigenvalue weighted by Gasteiger charge is -2.48. The Labute approximate surface area is 223 Å². The first-order valence-corrected chi connectivity index (χ1v) is 14.5. The van der Waals surface area contributed by atoms with Crippen LogP contribution in [0.5, 0.6) is 0 Å². The number of pyridine rings is 1. The zero-order valence-electron chi connectivity index (χ0n) is 21.3. The fraction of sp³-hybridized carbons (Fsp3) is 0.600. The first-order chi connectivity index (χ1) is 18.0. The number of benzene rings is 1. The predicted molar refractivity (Wildman–Crippen MR) is 141 cm³/mol. The Morgan fingerprint density at radius 2 is 1.84 bits per heavy atom. The number of aromatic nitrogens is 1. The molecule has 37 heavy (non-hydrogen) atoms. The highest BCUT2D eigenvalue weighted by molar-refractivity contribution is 6.29. The van der Waals surface area contributed by atoms with Gasteiger partial charge in [0.25, 0.3) is 0 Å². The first-order valence-electron chi connectivity index (χ1n) is 14.1. The highest BCUT2D eigenvalue weighted by Gasteiger charge is 2.53. The summed E-state index contributed by atoms with van der Waals surface area (Å²) in [6.07, 6.45) is 9.79. The maximum Gasteiger partial charge on any atom is 0.228 e. The number of hydrogen-bond donors (Lipinski definition) is 1. The summed E-state index contributed by atoms with van der Waals surface area (Å²) < 4.78 is 29.5. The molecule has 1 amide bonds. The van der Waals surface area contributed by atoms with Crippen LogP contribution >= 0.6 is 11.6 Å². The van der Waals surface area contributed by atoms with Crippen LogP contribution in [-0.2, 0) is 16.6 Å². The Morgan fingerprint density at radius 3 is 2.62 bits per heavy atom. The van der Waals surface area contributed by atoms with Crippen molar-refractivity contribution < 1.29 is 13.6 Å². The van der Waals surface area contributed by atoms with Crippen LogP contribution in [0.2, 0.25) is 5.15 Å². The third kappa shape index (κ3) is 4.48. The van der Waals surface area contributed by atoms with Crippen LogP contribution in [0.25, 0.3) is 0 Å². The minimum atomic E-state index is -0.462. The fourth-order valence-electron chi connectivity index (χ4n) is 8.05. The number of aryl methyl sites for hydroxylation is 1. The number of carbonyl (C=O) groups excluding carboxylic acids is 1. The molecule has 7 heteroatoms. The monoisotopic (exact) mass is 527 g/mol. The summed E-state index contributed by atoms with van der Waals surface area (Å²) in [5.41, 5.74) is 2.13. The number of carbonyl (C=O) groups is 1. The normalized spacial score (nSPS) is 30.5. The van der Waals surface area contributed by atoms with E-state index < -0.39 is 11.6 Å². The van der Waals surface area contributed by atoms with Crippen LogP contribution in [0, 0.1) is 23.5 Å². The van der Waals surface area contributed by atoms with E-state index in [1.54, 1.807) is 0 Å². The van der Waals surface area contributed by atoms with E-state index in [0.29, 0.717) is 37.0 Å². The summed E-state index contributed by atoms with van der Waals surface area (Å²) in [6.45, 7) is 1.97. The number of likely N-dealkylation sites (tertiary alicyclic amines) is 1. The fourth-order valence-corrected chi connectivity index (χ4v) is 8.22. The smallest absolute Gasteiger partial charge is 0.228 e. The van der Waals surface area contributed by atoms with Crippen molar-refractivity contribution in [2.75, 3.05) is 19.6 Å². The van der Waals surface area contributed by atoms with Crippen LogP contribution in [0.1, 0.15) is 80.5 Å². The molecule has 4 nitrogen and oxygen atoms in total. The average molecular weight is 528 g/mol. The van der Waals surface area contributed by atoms with Gasteiger partial charge < -0.3 is 10.2 Å². The minimum Gasteiger partial charge on any atom is -0.339 e. The number of nitrogens with zero attached hydrogens (tertiary/aromatic N) is 2. The average Bonchev–Trinajstić information content (AvgIpc) is 3.32. The molecule has 0 radical (unpaired) electrons. The van der Waals surface area contributed by atoms with Crippen LogP contribution in [0.15, 0.2) is 30.3 Å². The van der Waals surface area contributed by atoms with Gasteiger partial charge in [0.2, 0.25) is 5.91 Å². The summed E-state index contributed by atoms with van der Waals surface area (Å²) in [7, 11) is 0. The van der Waals surface area contributed by atoms with E-state index in [1.807, 2.05) is 6.07 Å². The van der Waals surface area contributed by atoms with E-state index in [9.17, 15) is 13.6 Å². The molecule has 2 aliphatic carbocycles. The van der Waals surface area contributed by atoms with Gasteiger partial charge in [0.05, 0.1) is 5.92 Å². The second-order valence-electron chi connectivity index (χ2n) is 11.7. The van der Waals surface area contributed by atoms with Gasteiger partial charge in [-0.1, -0.05) is 43.0 Å². The summed E-state index contributed by atoms with van der Waals surface area (Å²) in [6, 6.07) is 8.12. The van der Waals surface area contributed by atoms with Crippen molar-refractivity contribution >= 4 is 17.5 Å². The van der Waals surface area contributed by atoms with Gasteiger partial charge in [-0.2, -0.15) is 0 Å². The molecule has 2 saturated heterocycles. The third-order valence-electron chi connectivity index (χ3n) is 9.80. The highest BCUT2D eigenvalue weighted by atomic mass is 35.5. The Bertz CT molecular complexity index is 1150. The Kier molecular flexibility index (Phi) is 7.00. The molecule has 3 heterocycles. The zero-order chi connectivity index (χ0) is 25.6. The molecule has 4 aliphatic rings. The summed E-state index contributed by atoms with van der Waals surface area (Å²) >= 11 is 6.23. The molecule has 1 aromatic carbocycles. The molecular formula is C30H36ClF2N3O. The minimum absolute atomic E-state index is 0.0228. The van der Waals surface area contributed by atoms with E-state index >= 15 is 0 Å². The van der Waals surface area contributed by atoms with Gasteiger partial charge in [-0.3, -0.25) is 4.79 Å².